The molecule has 0 saturated heterocycles. The van der Waals surface area contributed by atoms with E-state index in [9.17, 15) is 10.1 Å². The van der Waals surface area contributed by atoms with E-state index >= 15 is 0 Å². The Morgan fingerprint density at radius 1 is 1.43 bits per heavy atom. The van der Waals surface area contributed by atoms with E-state index in [0.717, 1.165) is 30.5 Å². The first-order chi connectivity index (χ1) is 13.4. The van der Waals surface area contributed by atoms with Gasteiger partial charge in [-0.3, -0.25) is 4.79 Å². The van der Waals surface area contributed by atoms with Crippen molar-refractivity contribution in [2.45, 2.75) is 49.8 Å². The normalized spacial score (nSPS) is 16.8. The predicted octanol–water partition coefficient (Wildman–Crippen LogP) is 5.89. The molecule has 1 N–H and O–H groups in total. The van der Waals surface area contributed by atoms with Crippen LogP contribution in [0.15, 0.2) is 29.3 Å². The summed E-state index contributed by atoms with van der Waals surface area (Å²) in [4.78, 5) is 17.5. The zero-order valence-electron chi connectivity index (χ0n) is 15.8. The maximum absolute atomic E-state index is 12.8. The van der Waals surface area contributed by atoms with Gasteiger partial charge in [0.1, 0.15) is 11.1 Å². The average molecular weight is 434 g/mol. The number of anilines is 1. The fourth-order valence-electron chi connectivity index (χ4n) is 3.26. The molecule has 0 bridgehead atoms. The van der Waals surface area contributed by atoms with Crippen LogP contribution in [0.2, 0.25) is 10.0 Å². The molecule has 146 valence electrons. The first-order valence-electron chi connectivity index (χ1n) is 9.26. The number of nitrogens with one attached hydrogen (secondary N) is 1. The summed E-state index contributed by atoms with van der Waals surface area (Å²) >= 11 is 13.4. The van der Waals surface area contributed by atoms with Crippen molar-refractivity contribution in [3.05, 3.63) is 51.1 Å². The Balaban J connectivity index is 1.80. The quantitative estimate of drug-likeness (QED) is 0.596. The summed E-state index contributed by atoms with van der Waals surface area (Å²) < 4.78 is 0. The Morgan fingerprint density at radius 2 is 2.21 bits per heavy atom. The van der Waals surface area contributed by atoms with Crippen LogP contribution in [0.4, 0.5) is 5.69 Å². The van der Waals surface area contributed by atoms with Crippen LogP contribution in [0, 0.1) is 17.2 Å². The molecule has 2 aromatic rings. The van der Waals surface area contributed by atoms with Gasteiger partial charge in [-0.05, 0) is 61.4 Å². The number of fused-ring (bicyclic) bond motifs is 1. The maximum atomic E-state index is 12.8. The molecule has 2 atom stereocenters. The van der Waals surface area contributed by atoms with E-state index in [1.54, 1.807) is 18.2 Å². The van der Waals surface area contributed by atoms with Crippen molar-refractivity contribution in [3.8, 4) is 6.07 Å². The van der Waals surface area contributed by atoms with Crippen LogP contribution in [-0.4, -0.2) is 16.1 Å². The van der Waals surface area contributed by atoms with Crippen LogP contribution in [0.5, 0.6) is 0 Å². The highest BCUT2D eigenvalue weighted by molar-refractivity contribution is 8.00. The first kappa shape index (κ1) is 21.0. The second-order valence-electron chi connectivity index (χ2n) is 7.03. The van der Waals surface area contributed by atoms with Gasteiger partial charge in [0.2, 0.25) is 5.91 Å². The molecule has 0 radical (unpaired) electrons. The average Bonchev–Trinajstić information content (AvgIpc) is 2.67. The zero-order chi connectivity index (χ0) is 20.3. The summed E-state index contributed by atoms with van der Waals surface area (Å²) in [5, 5.41) is 13.6. The monoisotopic (exact) mass is 433 g/mol. The van der Waals surface area contributed by atoms with Gasteiger partial charge in [0, 0.05) is 10.7 Å². The lowest BCUT2D eigenvalue weighted by Gasteiger charge is -2.22. The number of hydrogen-bond acceptors (Lipinski definition) is 4. The van der Waals surface area contributed by atoms with Crippen molar-refractivity contribution in [1.82, 2.24) is 4.98 Å². The highest BCUT2D eigenvalue weighted by atomic mass is 35.5. The minimum Gasteiger partial charge on any atom is -0.324 e. The Kier molecular flexibility index (Phi) is 6.87. The van der Waals surface area contributed by atoms with Crippen LogP contribution in [-0.2, 0) is 17.6 Å². The van der Waals surface area contributed by atoms with Gasteiger partial charge in [-0.2, -0.15) is 5.26 Å². The molecule has 1 aliphatic rings. The van der Waals surface area contributed by atoms with Crippen LogP contribution in [0.1, 0.15) is 43.5 Å². The highest BCUT2D eigenvalue weighted by Gasteiger charge is 2.24. The Labute approximate surface area is 179 Å². The third kappa shape index (κ3) is 4.81. The van der Waals surface area contributed by atoms with Gasteiger partial charge in [0.15, 0.2) is 0 Å². The number of nitriles is 1. The highest BCUT2D eigenvalue weighted by Crippen LogP contribution is 2.33. The molecule has 2 unspecified atom stereocenters. The van der Waals surface area contributed by atoms with E-state index in [1.807, 2.05) is 13.0 Å². The van der Waals surface area contributed by atoms with Gasteiger partial charge in [-0.25, -0.2) is 4.98 Å². The van der Waals surface area contributed by atoms with Crippen LogP contribution in [0.25, 0.3) is 0 Å². The fraction of sp³-hybridized carbons (Fsp3) is 0.381. The van der Waals surface area contributed by atoms with E-state index in [0.29, 0.717) is 38.7 Å². The van der Waals surface area contributed by atoms with Gasteiger partial charge in [-0.1, -0.05) is 48.8 Å². The third-order valence-corrected chi connectivity index (χ3v) is 6.74. The summed E-state index contributed by atoms with van der Waals surface area (Å²) in [5.74, 6) is 0.436. The molecule has 28 heavy (non-hydrogen) atoms. The number of nitrogens with zero attached hydrogens (tertiary/aromatic N) is 2. The van der Waals surface area contributed by atoms with E-state index < -0.39 is 0 Å². The number of amides is 1. The number of pyridine rings is 1. The lowest BCUT2D eigenvalue weighted by molar-refractivity contribution is -0.115. The van der Waals surface area contributed by atoms with Gasteiger partial charge >= 0.3 is 0 Å². The second-order valence-corrected chi connectivity index (χ2v) is 9.07. The van der Waals surface area contributed by atoms with E-state index in [4.69, 9.17) is 28.2 Å². The molecule has 0 fully saturated rings. The minimum absolute atomic E-state index is 0.172. The van der Waals surface area contributed by atoms with Crippen LogP contribution < -0.4 is 5.32 Å². The van der Waals surface area contributed by atoms with Gasteiger partial charge in [0.25, 0.3) is 0 Å². The fourth-order valence-corrected chi connectivity index (χ4v) is 4.71. The second kappa shape index (κ2) is 9.17. The lowest BCUT2D eigenvalue weighted by Crippen LogP contribution is -2.25. The minimum atomic E-state index is -0.382. The number of carbonyl (C=O) groups excluding carboxylic acids is 1. The van der Waals surface area contributed by atoms with Crippen molar-refractivity contribution < 1.29 is 4.79 Å². The van der Waals surface area contributed by atoms with Crippen LogP contribution in [0.3, 0.4) is 0 Å². The number of rotatable bonds is 5. The number of aryl methyl sites for hydroxylation is 1. The zero-order valence-corrected chi connectivity index (χ0v) is 18.1. The summed E-state index contributed by atoms with van der Waals surface area (Å²) in [6.45, 7) is 4.16. The molecule has 0 spiro atoms. The summed E-state index contributed by atoms with van der Waals surface area (Å²) in [7, 11) is 0. The smallest absolute Gasteiger partial charge is 0.237 e. The number of hydrogen-bond donors (Lipinski definition) is 1. The molecule has 0 saturated carbocycles. The topological polar surface area (TPSA) is 65.8 Å². The third-order valence-electron chi connectivity index (χ3n) is 4.83. The Morgan fingerprint density at radius 3 is 2.89 bits per heavy atom. The number of halogens is 2. The Hall–Kier alpha value is -1.74. The van der Waals surface area contributed by atoms with Gasteiger partial charge in [-0.15, -0.1) is 0 Å². The lowest BCUT2D eigenvalue weighted by atomic mass is 9.87. The van der Waals surface area contributed by atoms with Gasteiger partial charge in [0.05, 0.1) is 21.5 Å². The molecule has 0 aliphatic heterocycles. The summed E-state index contributed by atoms with van der Waals surface area (Å²) in [6, 6.07) is 9.14. The molecule has 1 aromatic heterocycles. The molecule has 1 aliphatic carbocycles. The molecule has 1 amide bonds. The van der Waals surface area contributed by atoms with Crippen molar-refractivity contribution in [2.24, 2.45) is 5.92 Å². The SMILES string of the molecule is CCC(Sc1nc2c(cc1C#N)CC(C)CC2)C(=O)Nc1ccc(Cl)cc1Cl. The number of thioether (sulfide) groups is 1. The molecule has 4 nitrogen and oxygen atoms in total. The van der Waals surface area contributed by atoms with E-state index in [2.05, 4.69) is 18.3 Å². The van der Waals surface area contributed by atoms with E-state index in [1.165, 1.54) is 11.8 Å². The molecule has 1 heterocycles. The van der Waals surface area contributed by atoms with Crippen molar-refractivity contribution in [3.63, 3.8) is 0 Å². The number of aromatic nitrogens is 1. The number of benzene rings is 1. The van der Waals surface area contributed by atoms with Gasteiger partial charge < -0.3 is 5.32 Å². The largest absolute Gasteiger partial charge is 0.324 e. The molecule has 3 rings (SSSR count). The first-order valence-corrected chi connectivity index (χ1v) is 10.9. The maximum Gasteiger partial charge on any atom is 0.237 e. The molecular formula is C21H21Cl2N3OS. The van der Waals surface area contributed by atoms with Crippen molar-refractivity contribution in [1.29, 1.82) is 5.26 Å². The molecular weight excluding hydrogens is 413 g/mol. The summed E-state index contributed by atoms with van der Waals surface area (Å²) in [5.41, 5.74) is 3.26. The predicted molar refractivity (Wildman–Crippen MR) is 115 cm³/mol. The van der Waals surface area contributed by atoms with E-state index in [-0.39, 0.29) is 11.2 Å². The van der Waals surface area contributed by atoms with Crippen molar-refractivity contribution in [2.75, 3.05) is 5.32 Å². The van der Waals surface area contributed by atoms with Crippen LogP contribution >= 0.6 is 35.0 Å². The summed E-state index contributed by atoms with van der Waals surface area (Å²) in [6.07, 6.45) is 3.57. The molecule has 7 heteroatoms. The molecule has 1 aromatic carbocycles. The standard InChI is InChI=1S/C21H21Cl2N3OS/c1-3-19(20(27)25-18-7-5-15(22)10-16(18)23)28-21-14(11-24)9-13-8-12(2)4-6-17(13)26-21/h5,7,9-10,12,19H,3-4,6,8H2,1-2H3,(H,25,27). The number of carbonyl (C=O) groups is 1. The Bertz CT molecular complexity index is 942. The van der Waals surface area contributed by atoms with Crippen molar-refractivity contribution >= 4 is 46.6 Å².